The quantitative estimate of drug-likeness (QED) is 0.575. The first kappa shape index (κ1) is 10.8. The van der Waals surface area contributed by atoms with Crippen molar-refractivity contribution >= 4 is 6.29 Å². The number of rotatable bonds is 5. The number of unbranched alkanes of at least 4 members (excludes halogenated alkanes) is 2. The van der Waals surface area contributed by atoms with Crippen LogP contribution in [0.5, 0.6) is 5.75 Å². The van der Waals surface area contributed by atoms with E-state index < -0.39 is 0 Å². The predicted octanol–water partition coefficient (Wildman–Crippen LogP) is 2.94. The van der Waals surface area contributed by atoms with Gasteiger partial charge < -0.3 is 5.11 Å². The molecule has 0 unspecified atom stereocenters. The highest BCUT2D eigenvalue weighted by Crippen LogP contribution is 2.18. The van der Waals surface area contributed by atoms with E-state index in [9.17, 15) is 9.90 Å². The highest BCUT2D eigenvalue weighted by molar-refractivity contribution is 5.79. The average Bonchev–Trinajstić information content (AvgIpc) is 2.18. The maximum absolute atomic E-state index is 10.4. The molecule has 0 radical (unpaired) electrons. The van der Waals surface area contributed by atoms with Crippen LogP contribution in [0.25, 0.3) is 0 Å². The number of carbonyl (C=O) groups is 1. The fourth-order valence-electron chi connectivity index (χ4n) is 1.42. The van der Waals surface area contributed by atoms with E-state index in [-0.39, 0.29) is 5.75 Å². The van der Waals surface area contributed by atoms with Crippen LogP contribution in [0.2, 0.25) is 0 Å². The van der Waals surface area contributed by atoms with Gasteiger partial charge in [0.2, 0.25) is 0 Å². The highest BCUT2D eigenvalue weighted by Gasteiger charge is 2.00. The maximum Gasteiger partial charge on any atom is 0.153 e. The molecule has 1 rings (SSSR count). The molecule has 76 valence electrons. The molecule has 0 aliphatic carbocycles. The summed E-state index contributed by atoms with van der Waals surface area (Å²) >= 11 is 0. The highest BCUT2D eigenvalue weighted by atomic mass is 16.3. The van der Waals surface area contributed by atoms with Crippen molar-refractivity contribution in [3.8, 4) is 5.75 Å². The van der Waals surface area contributed by atoms with Gasteiger partial charge in [-0.1, -0.05) is 25.8 Å². The summed E-state index contributed by atoms with van der Waals surface area (Å²) in [6.45, 7) is 2.16. The number of benzene rings is 1. The Morgan fingerprint density at radius 1 is 1.36 bits per heavy atom. The number of hydrogen-bond acceptors (Lipinski definition) is 2. The number of aryl methyl sites for hydroxylation is 1. The summed E-state index contributed by atoms with van der Waals surface area (Å²) in [4.78, 5) is 10.4. The lowest BCUT2D eigenvalue weighted by molar-refractivity contribution is 0.112. The summed E-state index contributed by atoms with van der Waals surface area (Å²) in [7, 11) is 0. The summed E-state index contributed by atoms with van der Waals surface area (Å²) in [5.74, 6) is 0.0917. The van der Waals surface area contributed by atoms with Crippen molar-refractivity contribution in [3.05, 3.63) is 29.3 Å². The standard InChI is InChI=1S/C12H16O2/c1-2-3-4-5-10-6-7-11(9-13)12(14)8-10/h6-9,14H,2-5H2,1H3. The first-order chi connectivity index (χ1) is 6.77. The Kier molecular flexibility index (Phi) is 4.17. The largest absolute Gasteiger partial charge is 0.507 e. The second-order valence-electron chi connectivity index (χ2n) is 3.47. The summed E-state index contributed by atoms with van der Waals surface area (Å²) in [6.07, 6.45) is 5.18. The third kappa shape index (κ3) is 2.87. The normalized spacial score (nSPS) is 10.1. The summed E-state index contributed by atoms with van der Waals surface area (Å²) in [6, 6.07) is 5.25. The first-order valence-corrected chi connectivity index (χ1v) is 5.05. The van der Waals surface area contributed by atoms with E-state index in [4.69, 9.17) is 0 Å². The van der Waals surface area contributed by atoms with Crippen LogP contribution in [0, 0.1) is 0 Å². The average molecular weight is 192 g/mol. The monoisotopic (exact) mass is 192 g/mol. The molecule has 0 amide bonds. The molecule has 2 nitrogen and oxygen atoms in total. The van der Waals surface area contributed by atoms with Crippen LogP contribution in [-0.2, 0) is 6.42 Å². The van der Waals surface area contributed by atoms with E-state index >= 15 is 0 Å². The van der Waals surface area contributed by atoms with E-state index in [1.54, 1.807) is 12.1 Å². The smallest absolute Gasteiger partial charge is 0.153 e. The first-order valence-electron chi connectivity index (χ1n) is 5.05. The van der Waals surface area contributed by atoms with Crippen LogP contribution in [0.4, 0.5) is 0 Å². The Hall–Kier alpha value is -1.31. The molecule has 1 N–H and O–H groups in total. The van der Waals surface area contributed by atoms with Crippen molar-refractivity contribution in [2.24, 2.45) is 0 Å². The van der Waals surface area contributed by atoms with Crippen molar-refractivity contribution in [1.82, 2.24) is 0 Å². The van der Waals surface area contributed by atoms with Gasteiger partial charge in [0.15, 0.2) is 6.29 Å². The zero-order valence-electron chi connectivity index (χ0n) is 8.49. The minimum atomic E-state index is 0.0917. The zero-order chi connectivity index (χ0) is 10.4. The van der Waals surface area contributed by atoms with Crippen LogP contribution in [-0.4, -0.2) is 11.4 Å². The van der Waals surface area contributed by atoms with Crippen molar-refractivity contribution in [2.75, 3.05) is 0 Å². The Balaban J connectivity index is 2.62. The Labute approximate surface area is 84.6 Å². The van der Waals surface area contributed by atoms with Gasteiger partial charge in [0.05, 0.1) is 5.56 Å². The van der Waals surface area contributed by atoms with Crippen LogP contribution < -0.4 is 0 Å². The van der Waals surface area contributed by atoms with Crippen LogP contribution in [0.3, 0.4) is 0 Å². The molecule has 0 aromatic heterocycles. The second-order valence-corrected chi connectivity index (χ2v) is 3.47. The van der Waals surface area contributed by atoms with Crippen LogP contribution in [0.15, 0.2) is 18.2 Å². The SMILES string of the molecule is CCCCCc1ccc(C=O)c(O)c1. The Bertz CT molecular complexity index is 305. The van der Waals surface area contributed by atoms with Gasteiger partial charge in [0, 0.05) is 0 Å². The van der Waals surface area contributed by atoms with Gasteiger partial charge in [-0.2, -0.15) is 0 Å². The van der Waals surface area contributed by atoms with E-state index in [1.807, 2.05) is 6.07 Å². The molecule has 0 bridgehead atoms. The lowest BCUT2D eigenvalue weighted by Gasteiger charge is -2.02. The molecule has 0 heterocycles. The molecule has 2 heteroatoms. The van der Waals surface area contributed by atoms with E-state index in [0.29, 0.717) is 11.8 Å². The van der Waals surface area contributed by atoms with Crippen molar-refractivity contribution in [2.45, 2.75) is 32.6 Å². The van der Waals surface area contributed by atoms with E-state index in [2.05, 4.69) is 6.92 Å². The molecule has 0 fully saturated rings. The van der Waals surface area contributed by atoms with E-state index in [0.717, 1.165) is 18.4 Å². The number of carbonyl (C=O) groups excluding carboxylic acids is 1. The molecule has 1 aromatic carbocycles. The Morgan fingerprint density at radius 2 is 2.14 bits per heavy atom. The van der Waals surface area contributed by atoms with Gasteiger partial charge in [-0.3, -0.25) is 4.79 Å². The third-order valence-corrected chi connectivity index (χ3v) is 2.29. The second kappa shape index (κ2) is 5.43. The third-order valence-electron chi connectivity index (χ3n) is 2.29. The van der Waals surface area contributed by atoms with Crippen molar-refractivity contribution in [1.29, 1.82) is 0 Å². The minimum Gasteiger partial charge on any atom is -0.507 e. The van der Waals surface area contributed by atoms with Gasteiger partial charge in [0.1, 0.15) is 5.75 Å². The van der Waals surface area contributed by atoms with Crippen LogP contribution in [0.1, 0.15) is 42.1 Å². The molecule has 0 saturated heterocycles. The van der Waals surface area contributed by atoms with Gasteiger partial charge in [0.25, 0.3) is 0 Å². The topological polar surface area (TPSA) is 37.3 Å². The van der Waals surface area contributed by atoms with Crippen LogP contribution >= 0.6 is 0 Å². The molecule has 0 aliphatic heterocycles. The molecular formula is C12H16O2. The Morgan fingerprint density at radius 3 is 2.71 bits per heavy atom. The molecule has 0 atom stereocenters. The van der Waals surface area contributed by atoms with Gasteiger partial charge >= 0.3 is 0 Å². The maximum atomic E-state index is 10.4. The number of aldehydes is 1. The zero-order valence-corrected chi connectivity index (χ0v) is 8.49. The lowest BCUT2D eigenvalue weighted by atomic mass is 10.0. The van der Waals surface area contributed by atoms with E-state index in [1.165, 1.54) is 12.8 Å². The van der Waals surface area contributed by atoms with Gasteiger partial charge in [-0.05, 0) is 30.5 Å². The number of phenols is 1. The lowest BCUT2D eigenvalue weighted by Crippen LogP contribution is -1.88. The summed E-state index contributed by atoms with van der Waals surface area (Å²) in [5, 5.41) is 9.42. The van der Waals surface area contributed by atoms with Gasteiger partial charge in [-0.25, -0.2) is 0 Å². The molecule has 0 aliphatic rings. The molecule has 1 aromatic rings. The number of aromatic hydroxyl groups is 1. The van der Waals surface area contributed by atoms with Crippen molar-refractivity contribution < 1.29 is 9.90 Å². The molecule has 0 spiro atoms. The summed E-state index contributed by atoms with van der Waals surface area (Å²) in [5.41, 5.74) is 1.46. The molecular weight excluding hydrogens is 176 g/mol. The minimum absolute atomic E-state index is 0.0917. The predicted molar refractivity (Wildman–Crippen MR) is 56.7 cm³/mol. The number of phenolic OH excluding ortho intramolecular Hbond substituents is 1. The van der Waals surface area contributed by atoms with Gasteiger partial charge in [-0.15, -0.1) is 0 Å². The summed E-state index contributed by atoms with van der Waals surface area (Å²) < 4.78 is 0. The molecule has 14 heavy (non-hydrogen) atoms. The number of hydrogen-bond donors (Lipinski definition) is 1. The van der Waals surface area contributed by atoms with Crippen molar-refractivity contribution in [3.63, 3.8) is 0 Å². The molecule has 0 saturated carbocycles. The fourth-order valence-corrected chi connectivity index (χ4v) is 1.42. The fraction of sp³-hybridized carbons (Fsp3) is 0.417.